The van der Waals surface area contributed by atoms with Gasteiger partial charge in [0, 0.05) is 6.54 Å². The summed E-state index contributed by atoms with van der Waals surface area (Å²) in [4.78, 5) is 35.7. The van der Waals surface area contributed by atoms with Crippen molar-refractivity contribution in [1.82, 2.24) is 10.6 Å². The minimum absolute atomic E-state index is 0.0639. The van der Waals surface area contributed by atoms with Gasteiger partial charge in [0.15, 0.2) is 0 Å². The van der Waals surface area contributed by atoms with E-state index in [2.05, 4.69) is 16.0 Å². The molecule has 6 nitrogen and oxygen atoms in total. The first-order valence-corrected chi connectivity index (χ1v) is 6.59. The zero-order valence-electron chi connectivity index (χ0n) is 11.2. The molecular formula is C14H17N3O3. The van der Waals surface area contributed by atoms with Gasteiger partial charge in [-0.05, 0) is 18.6 Å². The van der Waals surface area contributed by atoms with Gasteiger partial charge in [-0.15, -0.1) is 0 Å². The minimum Gasteiger partial charge on any atom is -0.356 e. The van der Waals surface area contributed by atoms with Crippen LogP contribution in [0.3, 0.4) is 0 Å². The summed E-state index contributed by atoms with van der Waals surface area (Å²) in [5, 5.41) is 7.93. The number of amides is 3. The van der Waals surface area contributed by atoms with Crippen LogP contribution < -0.4 is 16.0 Å². The van der Waals surface area contributed by atoms with Gasteiger partial charge in [-0.1, -0.05) is 19.1 Å². The number of hydrogen-bond acceptors (Lipinski definition) is 3. The van der Waals surface area contributed by atoms with Gasteiger partial charge >= 0.3 is 0 Å². The molecule has 1 aromatic rings. The van der Waals surface area contributed by atoms with Crippen LogP contribution in [0.15, 0.2) is 24.3 Å². The van der Waals surface area contributed by atoms with Crippen LogP contribution in [0.5, 0.6) is 0 Å². The molecule has 0 aromatic heterocycles. The largest absolute Gasteiger partial charge is 0.356 e. The summed E-state index contributed by atoms with van der Waals surface area (Å²) in [6, 6.07) is 5.89. The zero-order valence-corrected chi connectivity index (χ0v) is 11.2. The highest BCUT2D eigenvalue weighted by atomic mass is 16.2. The third kappa shape index (κ3) is 3.14. The smallest absolute Gasteiger partial charge is 0.254 e. The van der Waals surface area contributed by atoms with Crippen molar-refractivity contribution in [1.29, 1.82) is 0 Å². The second kappa shape index (κ2) is 6.18. The molecule has 0 saturated heterocycles. The van der Waals surface area contributed by atoms with E-state index in [1.54, 1.807) is 24.3 Å². The Labute approximate surface area is 116 Å². The molecule has 1 aliphatic heterocycles. The van der Waals surface area contributed by atoms with E-state index >= 15 is 0 Å². The number of hydrogen-bond donors (Lipinski definition) is 3. The maximum atomic E-state index is 12.0. The molecule has 20 heavy (non-hydrogen) atoms. The minimum atomic E-state index is -0.855. The van der Waals surface area contributed by atoms with Crippen LogP contribution in [0.4, 0.5) is 5.69 Å². The third-order valence-electron chi connectivity index (χ3n) is 3.01. The molecule has 0 aliphatic carbocycles. The second-order valence-electron chi connectivity index (χ2n) is 4.61. The second-order valence-corrected chi connectivity index (χ2v) is 4.61. The molecule has 0 bridgehead atoms. The van der Waals surface area contributed by atoms with Crippen molar-refractivity contribution in [2.45, 2.75) is 25.8 Å². The summed E-state index contributed by atoms with van der Waals surface area (Å²) < 4.78 is 0. The molecular weight excluding hydrogens is 258 g/mol. The van der Waals surface area contributed by atoms with Crippen molar-refractivity contribution in [3.05, 3.63) is 29.8 Å². The third-order valence-corrected chi connectivity index (χ3v) is 3.01. The van der Waals surface area contributed by atoms with Crippen LogP contribution >= 0.6 is 0 Å². The SMILES string of the molecule is CCCNC(=O)CC1NC(=O)c2ccccc2NC1=O. The average Bonchev–Trinajstić information content (AvgIpc) is 2.55. The summed E-state index contributed by atoms with van der Waals surface area (Å²) in [7, 11) is 0. The fourth-order valence-corrected chi connectivity index (χ4v) is 1.98. The lowest BCUT2D eigenvalue weighted by Gasteiger charge is -2.14. The van der Waals surface area contributed by atoms with Crippen molar-refractivity contribution in [3.8, 4) is 0 Å². The first-order chi connectivity index (χ1) is 9.61. The van der Waals surface area contributed by atoms with E-state index in [9.17, 15) is 14.4 Å². The molecule has 6 heteroatoms. The first kappa shape index (κ1) is 14.0. The monoisotopic (exact) mass is 275 g/mol. The van der Waals surface area contributed by atoms with E-state index in [0.29, 0.717) is 17.8 Å². The van der Waals surface area contributed by atoms with E-state index < -0.39 is 6.04 Å². The van der Waals surface area contributed by atoms with E-state index in [0.717, 1.165) is 6.42 Å². The molecule has 1 aromatic carbocycles. The van der Waals surface area contributed by atoms with Gasteiger partial charge in [0.25, 0.3) is 5.91 Å². The van der Waals surface area contributed by atoms with Crippen molar-refractivity contribution in [3.63, 3.8) is 0 Å². The van der Waals surface area contributed by atoms with Gasteiger partial charge in [-0.2, -0.15) is 0 Å². The van der Waals surface area contributed by atoms with E-state index in [4.69, 9.17) is 0 Å². The van der Waals surface area contributed by atoms with E-state index in [1.807, 2.05) is 6.92 Å². The topological polar surface area (TPSA) is 87.3 Å². The Balaban J connectivity index is 2.09. The fraction of sp³-hybridized carbons (Fsp3) is 0.357. The van der Waals surface area contributed by atoms with Gasteiger partial charge in [0.1, 0.15) is 6.04 Å². The molecule has 0 radical (unpaired) electrons. The average molecular weight is 275 g/mol. The predicted molar refractivity (Wildman–Crippen MR) is 74.2 cm³/mol. The lowest BCUT2D eigenvalue weighted by atomic mass is 10.1. The van der Waals surface area contributed by atoms with Crippen molar-refractivity contribution in [2.24, 2.45) is 0 Å². The van der Waals surface area contributed by atoms with Crippen LogP contribution in [0, 0.1) is 0 Å². The molecule has 0 spiro atoms. The summed E-state index contributed by atoms with van der Waals surface area (Å²) in [5.41, 5.74) is 0.865. The summed E-state index contributed by atoms with van der Waals surface area (Å²) in [5.74, 6) is -0.986. The molecule has 1 heterocycles. The van der Waals surface area contributed by atoms with Crippen LogP contribution in [0.1, 0.15) is 30.1 Å². The van der Waals surface area contributed by atoms with Crippen molar-refractivity contribution >= 4 is 23.4 Å². The summed E-state index contributed by atoms with van der Waals surface area (Å²) in [6.45, 7) is 2.50. The molecule has 3 amide bonds. The van der Waals surface area contributed by atoms with Crippen LogP contribution in [-0.2, 0) is 9.59 Å². The zero-order chi connectivity index (χ0) is 14.5. The number of carbonyl (C=O) groups is 3. The normalized spacial score (nSPS) is 17.6. The maximum Gasteiger partial charge on any atom is 0.254 e. The Morgan fingerprint density at radius 2 is 2.05 bits per heavy atom. The summed E-state index contributed by atoms with van der Waals surface area (Å²) in [6.07, 6.45) is 0.756. The number of nitrogens with one attached hydrogen (secondary N) is 3. The lowest BCUT2D eigenvalue weighted by molar-refractivity contribution is -0.125. The molecule has 3 N–H and O–H groups in total. The highest BCUT2D eigenvalue weighted by Gasteiger charge is 2.29. The van der Waals surface area contributed by atoms with Gasteiger partial charge in [0.05, 0.1) is 17.7 Å². The Morgan fingerprint density at radius 3 is 2.80 bits per heavy atom. The van der Waals surface area contributed by atoms with Crippen LogP contribution in [0.25, 0.3) is 0 Å². The standard InChI is InChI=1S/C14H17N3O3/c1-2-7-15-12(18)8-11-14(20)16-10-6-4-3-5-9(10)13(19)17-11/h3-6,11H,2,7-8H2,1H3,(H,15,18)(H,16,20)(H,17,19). The Kier molecular flexibility index (Phi) is 4.34. The number of para-hydroxylation sites is 1. The molecule has 106 valence electrons. The fourth-order valence-electron chi connectivity index (χ4n) is 1.98. The molecule has 0 fully saturated rings. The number of anilines is 1. The molecule has 1 atom stereocenters. The van der Waals surface area contributed by atoms with Gasteiger partial charge in [0.2, 0.25) is 11.8 Å². The Bertz CT molecular complexity index is 542. The lowest BCUT2D eigenvalue weighted by Crippen LogP contribution is -2.44. The number of rotatable bonds is 4. The number of benzene rings is 1. The van der Waals surface area contributed by atoms with Crippen molar-refractivity contribution < 1.29 is 14.4 Å². The number of fused-ring (bicyclic) bond motifs is 1. The first-order valence-electron chi connectivity index (χ1n) is 6.59. The van der Waals surface area contributed by atoms with Crippen molar-refractivity contribution in [2.75, 3.05) is 11.9 Å². The van der Waals surface area contributed by atoms with Gasteiger partial charge in [-0.3, -0.25) is 14.4 Å². The van der Waals surface area contributed by atoms with Crippen LogP contribution in [-0.4, -0.2) is 30.3 Å². The molecule has 2 rings (SSSR count). The highest BCUT2D eigenvalue weighted by molar-refractivity contribution is 6.10. The number of carbonyl (C=O) groups excluding carboxylic acids is 3. The van der Waals surface area contributed by atoms with E-state index in [1.165, 1.54) is 0 Å². The maximum absolute atomic E-state index is 12.0. The molecule has 1 aliphatic rings. The van der Waals surface area contributed by atoms with Crippen LogP contribution in [0.2, 0.25) is 0 Å². The predicted octanol–water partition coefficient (Wildman–Crippen LogP) is 0.653. The Morgan fingerprint density at radius 1 is 1.30 bits per heavy atom. The summed E-state index contributed by atoms with van der Waals surface area (Å²) >= 11 is 0. The van der Waals surface area contributed by atoms with Gasteiger partial charge < -0.3 is 16.0 Å². The highest BCUT2D eigenvalue weighted by Crippen LogP contribution is 2.18. The molecule has 0 saturated carbocycles. The quantitative estimate of drug-likeness (QED) is 0.754. The Hall–Kier alpha value is -2.37. The molecule has 1 unspecified atom stereocenters. The van der Waals surface area contributed by atoms with Gasteiger partial charge in [-0.25, -0.2) is 0 Å². The van der Waals surface area contributed by atoms with E-state index in [-0.39, 0.29) is 24.1 Å².